The van der Waals surface area contributed by atoms with Gasteiger partial charge >= 0.3 is 6.03 Å². The van der Waals surface area contributed by atoms with Gasteiger partial charge in [0.2, 0.25) is 0 Å². The molecule has 1 aliphatic rings. The maximum atomic E-state index is 12.4. The van der Waals surface area contributed by atoms with Crippen LogP contribution in [0.1, 0.15) is 12.5 Å². The molecular weight excluding hydrogens is 320 g/mol. The van der Waals surface area contributed by atoms with Crippen LogP contribution in [-0.2, 0) is 4.79 Å². The van der Waals surface area contributed by atoms with Crippen LogP contribution >= 0.6 is 11.3 Å². The second-order valence-corrected chi connectivity index (χ2v) is 6.86. The SMILES string of the molecule is CCN1C(=O)/C(=C\c2ccc3sc4ccccc4c3c2)N(C)C1=O. The van der Waals surface area contributed by atoms with Crippen LogP contribution in [0.5, 0.6) is 0 Å². The molecule has 2 aromatic carbocycles. The van der Waals surface area contributed by atoms with Gasteiger partial charge in [-0.25, -0.2) is 4.79 Å². The van der Waals surface area contributed by atoms with E-state index in [1.165, 1.54) is 30.0 Å². The van der Waals surface area contributed by atoms with Crippen molar-refractivity contribution in [1.82, 2.24) is 9.80 Å². The van der Waals surface area contributed by atoms with Gasteiger partial charge in [-0.05, 0) is 36.8 Å². The minimum atomic E-state index is -0.268. The highest BCUT2D eigenvalue weighted by Crippen LogP contribution is 2.34. The fourth-order valence-electron chi connectivity index (χ4n) is 3.08. The van der Waals surface area contributed by atoms with Gasteiger partial charge in [0.25, 0.3) is 5.91 Å². The molecule has 0 radical (unpaired) electrons. The molecule has 120 valence electrons. The summed E-state index contributed by atoms with van der Waals surface area (Å²) in [4.78, 5) is 27.1. The summed E-state index contributed by atoms with van der Waals surface area (Å²) in [5.41, 5.74) is 1.34. The smallest absolute Gasteiger partial charge is 0.292 e. The zero-order valence-corrected chi connectivity index (χ0v) is 14.3. The van der Waals surface area contributed by atoms with Gasteiger partial charge in [-0.1, -0.05) is 24.3 Å². The van der Waals surface area contributed by atoms with Crippen LogP contribution in [-0.4, -0.2) is 35.3 Å². The van der Waals surface area contributed by atoms with Gasteiger partial charge in [0.1, 0.15) is 5.70 Å². The van der Waals surface area contributed by atoms with E-state index in [1.807, 2.05) is 18.2 Å². The molecule has 0 unspecified atom stereocenters. The van der Waals surface area contributed by atoms with Gasteiger partial charge < -0.3 is 0 Å². The summed E-state index contributed by atoms with van der Waals surface area (Å²) in [7, 11) is 1.64. The number of hydrogen-bond donors (Lipinski definition) is 0. The van der Waals surface area contributed by atoms with Crippen LogP contribution < -0.4 is 0 Å². The molecule has 4 nitrogen and oxygen atoms in total. The first kappa shape index (κ1) is 14.9. The quantitative estimate of drug-likeness (QED) is 0.517. The van der Waals surface area contributed by atoms with Crippen molar-refractivity contribution in [3.05, 3.63) is 53.7 Å². The molecule has 1 saturated heterocycles. The number of hydrogen-bond acceptors (Lipinski definition) is 3. The van der Waals surface area contributed by atoms with Gasteiger partial charge in [-0.2, -0.15) is 0 Å². The number of rotatable bonds is 2. The zero-order valence-electron chi connectivity index (χ0n) is 13.4. The van der Waals surface area contributed by atoms with E-state index in [9.17, 15) is 9.59 Å². The number of carbonyl (C=O) groups excluding carboxylic acids is 2. The molecule has 0 N–H and O–H groups in total. The lowest BCUT2D eigenvalue weighted by Gasteiger charge is -2.09. The number of amides is 3. The lowest BCUT2D eigenvalue weighted by Crippen LogP contribution is -2.31. The zero-order chi connectivity index (χ0) is 16.8. The molecule has 1 aromatic heterocycles. The molecule has 3 amide bonds. The Bertz CT molecular complexity index is 1020. The molecule has 24 heavy (non-hydrogen) atoms. The van der Waals surface area contributed by atoms with Gasteiger partial charge in [0, 0.05) is 33.8 Å². The Morgan fingerprint density at radius 1 is 1.04 bits per heavy atom. The normalized spacial score (nSPS) is 17.0. The van der Waals surface area contributed by atoms with Gasteiger partial charge in [-0.15, -0.1) is 11.3 Å². The van der Waals surface area contributed by atoms with E-state index in [0.29, 0.717) is 12.2 Å². The fraction of sp³-hybridized carbons (Fsp3) is 0.158. The number of thiophene rings is 1. The third-order valence-electron chi connectivity index (χ3n) is 4.36. The predicted octanol–water partition coefficient (Wildman–Crippen LogP) is 4.31. The maximum absolute atomic E-state index is 12.4. The average molecular weight is 336 g/mol. The first-order chi connectivity index (χ1) is 11.6. The highest BCUT2D eigenvalue weighted by atomic mass is 32.1. The number of urea groups is 1. The van der Waals surface area contributed by atoms with Crippen molar-refractivity contribution in [3.8, 4) is 0 Å². The van der Waals surface area contributed by atoms with Gasteiger partial charge in [-0.3, -0.25) is 14.6 Å². The molecule has 1 fully saturated rings. The van der Waals surface area contributed by atoms with Gasteiger partial charge in [0.05, 0.1) is 0 Å². The Morgan fingerprint density at radius 3 is 2.54 bits per heavy atom. The summed E-state index contributed by atoms with van der Waals surface area (Å²) >= 11 is 1.76. The Morgan fingerprint density at radius 2 is 1.79 bits per heavy atom. The van der Waals surface area contributed by atoms with Crippen molar-refractivity contribution in [2.24, 2.45) is 0 Å². The predicted molar refractivity (Wildman–Crippen MR) is 97.9 cm³/mol. The van der Waals surface area contributed by atoms with E-state index in [2.05, 4.69) is 24.3 Å². The molecule has 0 spiro atoms. The average Bonchev–Trinajstić information content (AvgIpc) is 3.05. The molecule has 3 aromatic rings. The lowest BCUT2D eigenvalue weighted by atomic mass is 10.1. The van der Waals surface area contributed by atoms with Crippen LogP contribution in [0.3, 0.4) is 0 Å². The molecule has 4 rings (SSSR count). The minimum Gasteiger partial charge on any atom is -0.292 e. The Balaban J connectivity index is 1.83. The first-order valence-corrected chi connectivity index (χ1v) is 8.64. The van der Waals surface area contributed by atoms with E-state index in [-0.39, 0.29) is 11.9 Å². The van der Waals surface area contributed by atoms with Crippen molar-refractivity contribution in [2.45, 2.75) is 6.92 Å². The molecule has 5 heteroatoms. The molecular formula is C19H16N2O2S. The summed E-state index contributed by atoms with van der Waals surface area (Å²) < 4.78 is 2.47. The van der Waals surface area contributed by atoms with Crippen LogP contribution in [0.25, 0.3) is 26.2 Å². The summed E-state index contributed by atoms with van der Waals surface area (Å²) in [6.45, 7) is 2.18. The maximum Gasteiger partial charge on any atom is 0.331 e. The standard InChI is InChI=1S/C19H16N2O2S/c1-3-21-18(22)15(20(2)19(21)23)11-12-8-9-17-14(10-12)13-6-4-5-7-16(13)24-17/h4-11H,3H2,1-2H3/b15-11+. The third-order valence-corrected chi connectivity index (χ3v) is 5.52. The van der Waals surface area contributed by atoms with Crippen molar-refractivity contribution < 1.29 is 9.59 Å². The molecule has 2 heterocycles. The highest BCUT2D eigenvalue weighted by molar-refractivity contribution is 7.25. The monoisotopic (exact) mass is 336 g/mol. The van der Waals surface area contributed by atoms with Gasteiger partial charge in [0.15, 0.2) is 0 Å². The topological polar surface area (TPSA) is 40.6 Å². The van der Waals surface area contributed by atoms with E-state index < -0.39 is 0 Å². The third kappa shape index (κ3) is 2.12. The minimum absolute atomic E-state index is 0.236. The summed E-state index contributed by atoms with van der Waals surface area (Å²) in [6.07, 6.45) is 1.79. The van der Waals surface area contributed by atoms with Crippen LogP contribution in [0.15, 0.2) is 48.2 Å². The van der Waals surface area contributed by atoms with Crippen LogP contribution in [0, 0.1) is 0 Å². The second kappa shape index (κ2) is 5.46. The lowest BCUT2D eigenvalue weighted by molar-refractivity contribution is -0.122. The van der Waals surface area contributed by atoms with Crippen LogP contribution in [0.4, 0.5) is 4.79 Å². The number of fused-ring (bicyclic) bond motifs is 3. The number of imide groups is 1. The van der Waals surface area contributed by atoms with E-state index in [1.54, 1.807) is 31.4 Å². The Hall–Kier alpha value is -2.66. The van der Waals surface area contributed by atoms with E-state index >= 15 is 0 Å². The molecule has 0 saturated carbocycles. The van der Waals surface area contributed by atoms with E-state index in [4.69, 9.17) is 0 Å². The number of benzene rings is 2. The molecule has 0 bridgehead atoms. The molecule has 0 atom stereocenters. The largest absolute Gasteiger partial charge is 0.331 e. The summed E-state index contributed by atoms with van der Waals surface area (Å²) in [6, 6.07) is 14.2. The highest BCUT2D eigenvalue weighted by Gasteiger charge is 2.37. The fourth-order valence-corrected chi connectivity index (χ4v) is 4.17. The number of likely N-dealkylation sites (N-methyl/N-ethyl adjacent to an activating group) is 2. The molecule has 1 aliphatic heterocycles. The molecule has 0 aliphatic carbocycles. The number of nitrogens with zero attached hydrogens (tertiary/aromatic N) is 2. The summed E-state index contributed by atoms with van der Waals surface area (Å²) in [5.74, 6) is -0.236. The van der Waals surface area contributed by atoms with Crippen LogP contribution in [0.2, 0.25) is 0 Å². The van der Waals surface area contributed by atoms with E-state index in [0.717, 1.165) is 5.56 Å². The van der Waals surface area contributed by atoms with Crippen molar-refractivity contribution in [2.75, 3.05) is 13.6 Å². The Kier molecular flexibility index (Phi) is 3.39. The van der Waals surface area contributed by atoms with Crippen molar-refractivity contribution in [1.29, 1.82) is 0 Å². The summed E-state index contributed by atoms with van der Waals surface area (Å²) in [5, 5.41) is 2.40. The number of carbonyl (C=O) groups is 2. The van der Waals surface area contributed by atoms with Crippen molar-refractivity contribution >= 4 is 49.5 Å². The van der Waals surface area contributed by atoms with Crippen molar-refractivity contribution in [3.63, 3.8) is 0 Å². The first-order valence-electron chi connectivity index (χ1n) is 7.82. The second-order valence-electron chi connectivity index (χ2n) is 5.77. The Labute approximate surface area is 143 Å².